The van der Waals surface area contributed by atoms with Crippen LogP contribution in [0.4, 0.5) is 0 Å². The monoisotopic (exact) mass is 204 g/mol. The summed E-state index contributed by atoms with van der Waals surface area (Å²) in [6.07, 6.45) is -0.980. The largest absolute Gasteiger partial charge is 0.479 e. The van der Waals surface area contributed by atoms with Crippen LogP contribution in [0.25, 0.3) is 0 Å². The SMILES string of the molecule is O=C(O)C1(O)CCC(O)(C(=O)O)CC1. The van der Waals surface area contributed by atoms with Crippen molar-refractivity contribution >= 4 is 11.9 Å². The predicted molar refractivity (Wildman–Crippen MR) is 43.6 cm³/mol. The number of carboxylic acid groups (broad SMARTS) is 2. The van der Waals surface area contributed by atoms with Crippen LogP contribution in [0.15, 0.2) is 0 Å². The van der Waals surface area contributed by atoms with Crippen LogP contribution in [0.1, 0.15) is 25.7 Å². The molecule has 14 heavy (non-hydrogen) atoms. The van der Waals surface area contributed by atoms with Crippen LogP contribution in [0, 0.1) is 0 Å². The van der Waals surface area contributed by atoms with E-state index in [0.29, 0.717) is 0 Å². The van der Waals surface area contributed by atoms with Gasteiger partial charge in [0.05, 0.1) is 0 Å². The lowest BCUT2D eigenvalue weighted by atomic mass is 9.76. The average molecular weight is 204 g/mol. The summed E-state index contributed by atoms with van der Waals surface area (Å²) in [5.41, 5.74) is -3.77. The van der Waals surface area contributed by atoms with Crippen molar-refractivity contribution in [3.63, 3.8) is 0 Å². The van der Waals surface area contributed by atoms with E-state index >= 15 is 0 Å². The number of aliphatic hydroxyl groups is 2. The molecular weight excluding hydrogens is 192 g/mol. The Kier molecular flexibility index (Phi) is 2.51. The minimum Gasteiger partial charge on any atom is -0.479 e. The minimum atomic E-state index is -1.89. The van der Waals surface area contributed by atoms with Crippen molar-refractivity contribution < 1.29 is 30.0 Å². The van der Waals surface area contributed by atoms with E-state index in [-0.39, 0.29) is 25.7 Å². The summed E-state index contributed by atoms with van der Waals surface area (Å²) in [6.45, 7) is 0. The van der Waals surface area contributed by atoms with Gasteiger partial charge in [-0.15, -0.1) is 0 Å². The fraction of sp³-hybridized carbons (Fsp3) is 0.750. The van der Waals surface area contributed by atoms with E-state index in [0.717, 1.165) is 0 Å². The molecule has 6 nitrogen and oxygen atoms in total. The van der Waals surface area contributed by atoms with Crippen molar-refractivity contribution in [1.29, 1.82) is 0 Å². The molecule has 1 aliphatic carbocycles. The maximum atomic E-state index is 10.6. The summed E-state index contributed by atoms with van der Waals surface area (Å²) >= 11 is 0. The number of carbonyl (C=O) groups is 2. The molecule has 0 atom stereocenters. The number of rotatable bonds is 2. The second kappa shape index (κ2) is 3.21. The van der Waals surface area contributed by atoms with Crippen molar-refractivity contribution in [2.45, 2.75) is 36.9 Å². The highest BCUT2D eigenvalue weighted by Crippen LogP contribution is 2.35. The van der Waals surface area contributed by atoms with Crippen molar-refractivity contribution in [2.75, 3.05) is 0 Å². The van der Waals surface area contributed by atoms with Crippen molar-refractivity contribution in [1.82, 2.24) is 0 Å². The molecule has 0 radical (unpaired) electrons. The van der Waals surface area contributed by atoms with E-state index in [1.165, 1.54) is 0 Å². The maximum absolute atomic E-state index is 10.6. The zero-order valence-electron chi connectivity index (χ0n) is 7.43. The molecule has 0 spiro atoms. The van der Waals surface area contributed by atoms with Gasteiger partial charge in [0.15, 0.2) is 11.2 Å². The summed E-state index contributed by atoms with van der Waals surface area (Å²) in [7, 11) is 0. The van der Waals surface area contributed by atoms with E-state index in [1.54, 1.807) is 0 Å². The van der Waals surface area contributed by atoms with Gasteiger partial charge in [-0.25, -0.2) is 9.59 Å². The second-order valence-corrected chi connectivity index (χ2v) is 3.67. The van der Waals surface area contributed by atoms with Gasteiger partial charge in [-0.1, -0.05) is 0 Å². The van der Waals surface area contributed by atoms with Gasteiger partial charge in [-0.3, -0.25) is 0 Å². The average Bonchev–Trinajstić information content (AvgIpc) is 2.10. The van der Waals surface area contributed by atoms with Crippen LogP contribution < -0.4 is 0 Å². The molecule has 0 bridgehead atoms. The first-order valence-electron chi connectivity index (χ1n) is 4.22. The smallest absolute Gasteiger partial charge is 0.335 e. The Morgan fingerprint density at radius 2 is 1.00 bits per heavy atom. The molecule has 0 saturated heterocycles. The quantitative estimate of drug-likeness (QED) is 0.467. The Morgan fingerprint density at radius 1 is 0.786 bits per heavy atom. The molecule has 1 aliphatic rings. The molecule has 0 aromatic heterocycles. The number of aliphatic carboxylic acids is 2. The van der Waals surface area contributed by atoms with Crippen LogP contribution in [0.2, 0.25) is 0 Å². The molecule has 0 aromatic rings. The minimum absolute atomic E-state index is 0.245. The first kappa shape index (κ1) is 10.9. The van der Waals surface area contributed by atoms with Crippen LogP contribution in [0.5, 0.6) is 0 Å². The first-order valence-corrected chi connectivity index (χ1v) is 4.22. The Hall–Kier alpha value is -1.14. The third-order valence-corrected chi connectivity index (χ3v) is 2.70. The lowest BCUT2D eigenvalue weighted by Crippen LogP contribution is -2.51. The summed E-state index contributed by atoms with van der Waals surface area (Å²) in [6, 6.07) is 0. The second-order valence-electron chi connectivity index (χ2n) is 3.67. The fourth-order valence-corrected chi connectivity index (χ4v) is 1.50. The van der Waals surface area contributed by atoms with E-state index in [9.17, 15) is 19.8 Å². The molecular formula is C8H12O6. The Balaban J connectivity index is 2.71. The highest BCUT2D eigenvalue weighted by molar-refractivity contribution is 5.80. The first-order chi connectivity index (χ1) is 6.30. The van der Waals surface area contributed by atoms with Gasteiger partial charge in [0.1, 0.15) is 0 Å². The summed E-state index contributed by atoms with van der Waals surface area (Å²) in [5, 5.41) is 36.2. The molecule has 0 unspecified atom stereocenters. The molecule has 1 rings (SSSR count). The summed E-state index contributed by atoms with van der Waals surface area (Å²) in [5.74, 6) is -2.74. The van der Waals surface area contributed by atoms with E-state index in [4.69, 9.17) is 10.2 Å². The van der Waals surface area contributed by atoms with Gasteiger partial charge in [0, 0.05) is 0 Å². The fourth-order valence-electron chi connectivity index (χ4n) is 1.50. The van der Waals surface area contributed by atoms with Crippen molar-refractivity contribution in [2.24, 2.45) is 0 Å². The molecule has 6 heteroatoms. The predicted octanol–water partition coefficient (Wildman–Crippen LogP) is -0.808. The third kappa shape index (κ3) is 1.71. The highest BCUT2D eigenvalue weighted by atomic mass is 16.4. The van der Waals surface area contributed by atoms with Gasteiger partial charge in [-0.05, 0) is 25.7 Å². The number of hydrogen-bond donors (Lipinski definition) is 4. The third-order valence-electron chi connectivity index (χ3n) is 2.70. The van der Waals surface area contributed by atoms with Gasteiger partial charge >= 0.3 is 11.9 Å². The Morgan fingerprint density at radius 3 is 1.14 bits per heavy atom. The molecule has 80 valence electrons. The molecule has 4 N–H and O–H groups in total. The standard InChI is InChI=1S/C8H12O6/c9-5(10)7(13)1-2-8(14,4-3-7)6(11)12/h13-14H,1-4H2,(H,9,10)(H,11,12). The van der Waals surface area contributed by atoms with E-state index < -0.39 is 23.1 Å². The maximum Gasteiger partial charge on any atom is 0.335 e. The van der Waals surface area contributed by atoms with Crippen molar-refractivity contribution in [3.05, 3.63) is 0 Å². The van der Waals surface area contributed by atoms with E-state index in [2.05, 4.69) is 0 Å². The summed E-state index contributed by atoms with van der Waals surface area (Å²) < 4.78 is 0. The lowest BCUT2D eigenvalue weighted by molar-refractivity contribution is -0.178. The Bertz CT molecular complexity index is 235. The van der Waals surface area contributed by atoms with Crippen molar-refractivity contribution in [3.8, 4) is 0 Å². The Labute approximate surface area is 79.8 Å². The van der Waals surface area contributed by atoms with Crippen LogP contribution >= 0.6 is 0 Å². The van der Waals surface area contributed by atoms with Gasteiger partial charge in [0.25, 0.3) is 0 Å². The molecule has 0 amide bonds. The topological polar surface area (TPSA) is 115 Å². The molecule has 0 aliphatic heterocycles. The summed E-state index contributed by atoms with van der Waals surface area (Å²) in [4.78, 5) is 21.2. The van der Waals surface area contributed by atoms with Crippen LogP contribution in [-0.4, -0.2) is 43.6 Å². The van der Waals surface area contributed by atoms with Gasteiger partial charge < -0.3 is 20.4 Å². The molecule has 0 aromatic carbocycles. The molecule has 1 saturated carbocycles. The lowest BCUT2D eigenvalue weighted by Gasteiger charge is -2.35. The van der Waals surface area contributed by atoms with E-state index in [1.807, 2.05) is 0 Å². The van der Waals surface area contributed by atoms with Crippen LogP contribution in [0.3, 0.4) is 0 Å². The normalized spacial score (nSPS) is 37.9. The molecule has 0 heterocycles. The van der Waals surface area contributed by atoms with Crippen LogP contribution in [-0.2, 0) is 9.59 Å². The highest BCUT2D eigenvalue weighted by Gasteiger charge is 2.48. The zero-order valence-corrected chi connectivity index (χ0v) is 7.43. The molecule has 1 fully saturated rings. The zero-order chi connectivity index (χ0) is 11.0. The number of carboxylic acids is 2. The van der Waals surface area contributed by atoms with Gasteiger partial charge in [-0.2, -0.15) is 0 Å². The number of hydrogen-bond acceptors (Lipinski definition) is 4. The van der Waals surface area contributed by atoms with Gasteiger partial charge in [0.2, 0.25) is 0 Å².